The molecule has 6 heteroatoms. The minimum absolute atomic E-state index is 0.149. The van der Waals surface area contributed by atoms with Crippen LogP contribution in [0.15, 0.2) is 30.3 Å². The maximum absolute atomic E-state index is 11.0. The maximum atomic E-state index is 11.0. The van der Waals surface area contributed by atoms with Crippen LogP contribution in [-0.2, 0) is 7.05 Å². The van der Waals surface area contributed by atoms with E-state index in [-0.39, 0.29) is 5.69 Å². The Morgan fingerprint density at radius 1 is 1.35 bits per heavy atom. The Morgan fingerprint density at radius 3 is 2.80 bits per heavy atom. The third-order valence-corrected chi connectivity index (χ3v) is 3.20. The van der Waals surface area contributed by atoms with Crippen molar-refractivity contribution >= 4 is 16.9 Å². The number of carboxylic acids is 1. The highest BCUT2D eigenvalue weighted by Crippen LogP contribution is 2.26. The molecule has 2 N–H and O–H groups in total. The lowest BCUT2D eigenvalue weighted by molar-refractivity contribution is 0.0685. The van der Waals surface area contributed by atoms with Gasteiger partial charge in [-0.05, 0) is 18.2 Å². The van der Waals surface area contributed by atoms with Crippen molar-refractivity contribution in [2.45, 2.75) is 0 Å². The van der Waals surface area contributed by atoms with Gasteiger partial charge in [0.15, 0.2) is 0 Å². The number of carboxylic acid groups (broad SMARTS) is 1. The number of nitrogens with zero attached hydrogens (tertiary/aromatic N) is 2. The van der Waals surface area contributed by atoms with Gasteiger partial charge in [0, 0.05) is 30.1 Å². The highest BCUT2D eigenvalue weighted by atomic mass is 16.5. The molecule has 0 saturated carbocycles. The fraction of sp³-hybridized carbons (Fsp3) is 0.143. The maximum Gasteiger partial charge on any atom is 0.354 e. The zero-order valence-electron chi connectivity index (χ0n) is 11.0. The van der Waals surface area contributed by atoms with Crippen molar-refractivity contribution in [3.63, 3.8) is 0 Å². The molecule has 0 aliphatic heterocycles. The van der Waals surface area contributed by atoms with Crippen LogP contribution in [0.5, 0.6) is 5.75 Å². The summed E-state index contributed by atoms with van der Waals surface area (Å²) in [6, 6.07) is 9.18. The van der Waals surface area contributed by atoms with Gasteiger partial charge < -0.3 is 14.8 Å². The van der Waals surface area contributed by atoms with Gasteiger partial charge in [-0.25, -0.2) is 4.79 Å². The highest BCUT2D eigenvalue weighted by molar-refractivity contribution is 5.89. The second-order valence-electron chi connectivity index (χ2n) is 4.48. The number of ether oxygens (including phenoxy) is 1. The van der Waals surface area contributed by atoms with Crippen molar-refractivity contribution in [3.8, 4) is 17.1 Å². The summed E-state index contributed by atoms with van der Waals surface area (Å²) in [5.41, 5.74) is 2.44. The summed E-state index contributed by atoms with van der Waals surface area (Å²) in [7, 11) is 3.22. The summed E-state index contributed by atoms with van der Waals surface area (Å²) < 4.78 is 6.53. The predicted octanol–water partition coefficient (Wildman–Crippen LogP) is 2.28. The van der Waals surface area contributed by atoms with Crippen molar-refractivity contribution in [2.24, 2.45) is 7.05 Å². The van der Waals surface area contributed by atoms with Gasteiger partial charge in [0.1, 0.15) is 17.1 Å². The molecule has 20 heavy (non-hydrogen) atoms. The molecule has 0 bridgehead atoms. The van der Waals surface area contributed by atoms with Crippen LogP contribution in [0.2, 0.25) is 0 Å². The van der Waals surface area contributed by atoms with Crippen molar-refractivity contribution in [1.82, 2.24) is 14.8 Å². The van der Waals surface area contributed by atoms with Crippen LogP contribution in [0, 0.1) is 0 Å². The lowest BCUT2D eigenvalue weighted by Gasteiger charge is -1.97. The molecule has 2 aromatic heterocycles. The van der Waals surface area contributed by atoms with E-state index in [2.05, 4.69) is 10.1 Å². The minimum atomic E-state index is -0.996. The molecule has 2 heterocycles. The van der Waals surface area contributed by atoms with Crippen molar-refractivity contribution < 1.29 is 14.6 Å². The zero-order chi connectivity index (χ0) is 14.3. The molecule has 0 aliphatic rings. The van der Waals surface area contributed by atoms with Crippen LogP contribution in [0.4, 0.5) is 0 Å². The first-order valence-corrected chi connectivity index (χ1v) is 6.03. The molecule has 0 spiro atoms. The van der Waals surface area contributed by atoms with E-state index in [4.69, 9.17) is 9.84 Å². The molecular weight excluding hydrogens is 258 g/mol. The Bertz CT molecular complexity index is 801. The minimum Gasteiger partial charge on any atom is -0.497 e. The second-order valence-corrected chi connectivity index (χ2v) is 4.48. The van der Waals surface area contributed by atoms with Gasteiger partial charge >= 0.3 is 5.97 Å². The summed E-state index contributed by atoms with van der Waals surface area (Å²) in [5.74, 6) is -0.234. The van der Waals surface area contributed by atoms with Crippen LogP contribution in [0.3, 0.4) is 0 Å². The summed E-state index contributed by atoms with van der Waals surface area (Å²) in [6.07, 6.45) is 0. The Kier molecular flexibility index (Phi) is 2.71. The third-order valence-electron chi connectivity index (χ3n) is 3.20. The fourth-order valence-electron chi connectivity index (χ4n) is 2.17. The molecule has 0 amide bonds. The average Bonchev–Trinajstić information content (AvgIpc) is 3.00. The summed E-state index contributed by atoms with van der Waals surface area (Å²) in [6.45, 7) is 0. The Morgan fingerprint density at radius 2 is 2.15 bits per heavy atom. The van der Waals surface area contributed by atoms with E-state index in [1.165, 1.54) is 4.68 Å². The smallest absolute Gasteiger partial charge is 0.354 e. The largest absolute Gasteiger partial charge is 0.497 e. The Labute approximate surface area is 114 Å². The van der Waals surface area contributed by atoms with Crippen LogP contribution in [-0.4, -0.2) is 33.0 Å². The van der Waals surface area contributed by atoms with Gasteiger partial charge in [-0.3, -0.25) is 4.68 Å². The Hall–Kier alpha value is -2.76. The average molecular weight is 271 g/mol. The molecule has 0 atom stereocenters. The molecule has 0 radical (unpaired) electrons. The third kappa shape index (κ3) is 1.91. The number of aryl methyl sites for hydroxylation is 1. The molecule has 3 aromatic rings. The molecule has 3 rings (SSSR count). The van der Waals surface area contributed by atoms with Gasteiger partial charge in [0.05, 0.1) is 12.8 Å². The summed E-state index contributed by atoms with van der Waals surface area (Å²) in [5, 5.41) is 14.3. The molecule has 0 fully saturated rings. The molecular formula is C14H13N3O3. The number of hydrogen-bond acceptors (Lipinski definition) is 3. The number of fused-ring (bicyclic) bond motifs is 1. The number of H-pyrrole nitrogens is 1. The second kappa shape index (κ2) is 4.41. The Balaban J connectivity index is 2.10. The fourth-order valence-corrected chi connectivity index (χ4v) is 2.17. The molecule has 1 aromatic carbocycles. The standard InChI is InChI=1S/C14H13N3O3/c1-17-13(14(18)19)7-12(16-17)11-5-8-3-4-9(20-2)6-10(8)15-11/h3-7,15H,1-2H3,(H,18,19). The number of methoxy groups -OCH3 is 1. The molecule has 102 valence electrons. The topological polar surface area (TPSA) is 80.1 Å². The van der Waals surface area contributed by atoms with Gasteiger partial charge in [0.2, 0.25) is 0 Å². The molecule has 0 saturated heterocycles. The first-order chi connectivity index (χ1) is 9.58. The number of carbonyl (C=O) groups is 1. The summed E-state index contributed by atoms with van der Waals surface area (Å²) >= 11 is 0. The lowest BCUT2D eigenvalue weighted by atomic mass is 10.2. The quantitative estimate of drug-likeness (QED) is 0.765. The van der Waals surface area contributed by atoms with Crippen LogP contribution < -0.4 is 4.74 Å². The van der Waals surface area contributed by atoms with E-state index in [0.717, 1.165) is 22.3 Å². The van der Waals surface area contributed by atoms with Gasteiger partial charge in [-0.2, -0.15) is 5.10 Å². The van der Waals surface area contributed by atoms with E-state index in [1.54, 1.807) is 20.2 Å². The van der Waals surface area contributed by atoms with Gasteiger partial charge in [0.25, 0.3) is 0 Å². The van der Waals surface area contributed by atoms with E-state index in [0.29, 0.717) is 5.69 Å². The first kappa shape index (κ1) is 12.3. The zero-order valence-corrected chi connectivity index (χ0v) is 11.0. The monoisotopic (exact) mass is 271 g/mol. The van der Waals surface area contributed by atoms with Gasteiger partial charge in [-0.1, -0.05) is 0 Å². The van der Waals surface area contributed by atoms with Gasteiger partial charge in [-0.15, -0.1) is 0 Å². The van der Waals surface area contributed by atoms with Crippen LogP contribution in [0.25, 0.3) is 22.3 Å². The van der Waals surface area contributed by atoms with E-state index in [9.17, 15) is 4.79 Å². The molecule has 0 unspecified atom stereocenters. The molecule has 0 aliphatic carbocycles. The number of benzene rings is 1. The van der Waals surface area contributed by atoms with Crippen LogP contribution >= 0.6 is 0 Å². The van der Waals surface area contributed by atoms with E-state index < -0.39 is 5.97 Å². The SMILES string of the molecule is COc1ccc2cc(-c3cc(C(=O)O)n(C)n3)[nH]c2c1. The molecule has 6 nitrogen and oxygen atoms in total. The number of hydrogen-bond donors (Lipinski definition) is 2. The van der Waals surface area contributed by atoms with E-state index >= 15 is 0 Å². The number of nitrogens with one attached hydrogen (secondary N) is 1. The van der Waals surface area contributed by atoms with Crippen LogP contribution in [0.1, 0.15) is 10.5 Å². The predicted molar refractivity (Wildman–Crippen MR) is 74.0 cm³/mol. The van der Waals surface area contributed by atoms with Crippen molar-refractivity contribution in [1.29, 1.82) is 0 Å². The first-order valence-electron chi connectivity index (χ1n) is 6.03. The lowest BCUT2D eigenvalue weighted by Crippen LogP contribution is -2.04. The van der Waals surface area contributed by atoms with Crippen molar-refractivity contribution in [2.75, 3.05) is 7.11 Å². The normalized spacial score (nSPS) is 10.9. The highest BCUT2D eigenvalue weighted by Gasteiger charge is 2.14. The van der Waals surface area contributed by atoms with E-state index in [1.807, 2.05) is 24.3 Å². The number of aromatic nitrogens is 3. The van der Waals surface area contributed by atoms with Crippen molar-refractivity contribution in [3.05, 3.63) is 36.0 Å². The number of rotatable bonds is 3. The number of aromatic amines is 1. The number of aromatic carboxylic acids is 1. The summed E-state index contributed by atoms with van der Waals surface area (Å²) in [4.78, 5) is 14.3.